The number of amides is 1. The smallest absolute Gasteiger partial charge is 0.416 e. The molecule has 0 saturated heterocycles. The van der Waals surface area contributed by atoms with Crippen LogP contribution in [0.25, 0.3) is 11.1 Å². The van der Waals surface area contributed by atoms with Crippen LogP contribution in [0.4, 0.5) is 13.2 Å². The number of nitrogens with two attached hydrogens (primary N) is 2. The highest BCUT2D eigenvalue weighted by atomic mass is 32.2. The minimum absolute atomic E-state index is 0.0227. The van der Waals surface area contributed by atoms with Crippen LogP contribution in [-0.2, 0) is 22.6 Å². The first-order chi connectivity index (χ1) is 14.9. The third-order valence-electron chi connectivity index (χ3n) is 4.73. The number of carbonyl (C=O) groups excluding carboxylic acids is 1. The predicted octanol–water partition coefficient (Wildman–Crippen LogP) is 4.47. The van der Waals surface area contributed by atoms with Gasteiger partial charge in [-0.15, -0.1) is 0 Å². The third-order valence-corrected chi connectivity index (χ3v) is 5.64. The highest BCUT2D eigenvalue weighted by molar-refractivity contribution is 7.89. The van der Waals surface area contributed by atoms with Crippen LogP contribution in [0.3, 0.4) is 0 Å². The van der Waals surface area contributed by atoms with E-state index >= 15 is 0 Å². The Hall–Kier alpha value is -3.37. The predicted molar refractivity (Wildman–Crippen MR) is 113 cm³/mol. The van der Waals surface area contributed by atoms with Gasteiger partial charge >= 0.3 is 6.18 Å². The molecule has 4 N–H and O–H groups in total. The van der Waals surface area contributed by atoms with Gasteiger partial charge in [0.15, 0.2) is 0 Å². The summed E-state index contributed by atoms with van der Waals surface area (Å²) in [5.41, 5.74) is 5.90. The van der Waals surface area contributed by atoms with E-state index in [1.165, 1.54) is 36.4 Å². The van der Waals surface area contributed by atoms with Gasteiger partial charge in [0.2, 0.25) is 10.0 Å². The third kappa shape index (κ3) is 5.09. The standard InChI is InChI=1S/C22H19F3N2O4S/c1-2-13-10-16(22(23,24)25)7-9-19(13)31-20-8-6-15(12-18(20)21(26)28)14-4-3-5-17(11-14)32(27,29)30/h3-12H,2H2,1H3,(H2,26,28)(H2,27,29,30). The summed E-state index contributed by atoms with van der Waals surface area (Å²) in [6.07, 6.45) is -4.22. The molecule has 0 aliphatic heterocycles. The molecule has 0 heterocycles. The van der Waals surface area contributed by atoms with Gasteiger partial charge in [-0.1, -0.05) is 25.1 Å². The van der Waals surface area contributed by atoms with Crippen LogP contribution in [-0.4, -0.2) is 14.3 Å². The number of hydrogen-bond acceptors (Lipinski definition) is 4. The lowest BCUT2D eigenvalue weighted by Crippen LogP contribution is -2.13. The van der Waals surface area contributed by atoms with Crippen LogP contribution in [0.1, 0.15) is 28.4 Å². The maximum atomic E-state index is 13.0. The van der Waals surface area contributed by atoms with Gasteiger partial charge in [-0.05, 0) is 65.6 Å². The molecule has 0 spiro atoms. The van der Waals surface area contributed by atoms with E-state index in [9.17, 15) is 26.4 Å². The SMILES string of the molecule is CCc1cc(C(F)(F)F)ccc1Oc1ccc(-c2cccc(S(N)(=O)=O)c2)cc1C(N)=O. The van der Waals surface area contributed by atoms with E-state index in [-0.39, 0.29) is 28.4 Å². The van der Waals surface area contributed by atoms with Gasteiger partial charge in [-0.25, -0.2) is 13.6 Å². The second kappa shape index (κ2) is 8.64. The Bertz CT molecular complexity index is 1290. The second-order valence-electron chi connectivity index (χ2n) is 6.92. The van der Waals surface area contributed by atoms with Gasteiger partial charge in [0, 0.05) is 0 Å². The molecule has 0 atom stereocenters. The molecule has 0 aromatic heterocycles. The van der Waals surface area contributed by atoms with Crippen molar-refractivity contribution in [3.63, 3.8) is 0 Å². The van der Waals surface area contributed by atoms with Crippen molar-refractivity contribution in [2.24, 2.45) is 10.9 Å². The first-order valence-corrected chi connectivity index (χ1v) is 10.9. The van der Waals surface area contributed by atoms with E-state index in [0.717, 1.165) is 12.1 Å². The maximum Gasteiger partial charge on any atom is 0.416 e. The van der Waals surface area contributed by atoms with Crippen molar-refractivity contribution < 1.29 is 31.1 Å². The molecule has 168 valence electrons. The molecule has 3 aromatic rings. The van der Waals surface area contributed by atoms with Gasteiger partial charge < -0.3 is 10.5 Å². The number of hydrogen-bond donors (Lipinski definition) is 2. The van der Waals surface area contributed by atoms with Gasteiger partial charge in [0.1, 0.15) is 11.5 Å². The quantitative estimate of drug-likeness (QED) is 0.560. The minimum atomic E-state index is -4.49. The van der Waals surface area contributed by atoms with Crippen molar-refractivity contribution in [2.45, 2.75) is 24.4 Å². The van der Waals surface area contributed by atoms with Crippen molar-refractivity contribution in [1.82, 2.24) is 0 Å². The molecule has 32 heavy (non-hydrogen) atoms. The average molecular weight is 464 g/mol. The lowest BCUT2D eigenvalue weighted by Gasteiger charge is -2.16. The highest BCUT2D eigenvalue weighted by Crippen LogP contribution is 2.36. The number of rotatable bonds is 6. The molecule has 3 rings (SSSR count). The number of ether oxygens (including phenoxy) is 1. The fourth-order valence-electron chi connectivity index (χ4n) is 3.09. The van der Waals surface area contributed by atoms with Crippen LogP contribution in [0.15, 0.2) is 65.6 Å². The Labute approximate surface area is 182 Å². The second-order valence-corrected chi connectivity index (χ2v) is 8.49. The summed E-state index contributed by atoms with van der Waals surface area (Å²) in [6.45, 7) is 1.68. The Morgan fingerprint density at radius 2 is 1.62 bits per heavy atom. The van der Waals surface area contributed by atoms with Gasteiger partial charge in [-0.3, -0.25) is 4.79 Å². The summed E-state index contributed by atoms with van der Waals surface area (Å²) in [7, 11) is -3.93. The summed E-state index contributed by atoms with van der Waals surface area (Å²) in [5.74, 6) is -0.611. The Morgan fingerprint density at radius 3 is 2.22 bits per heavy atom. The van der Waals surface area contributed by atoms with Crippen LogP contribution >= 0.6 is 0 Å². The zero-order chi connectivity index (χ0) is 23.7. The van der Waals surface area contributed by atoms with E-state index in [1.807, 2.05) is 0 Å². The number of halogens is 3. The molecular formula is C22H19F3N2O4S. The van der Waals surface area contributed by atoms with E-state index in [2.05, 4.69) is 0 Å². The molecule has 6 nitrogen and oxygen atoms in total. The van der Waals surface area contributed by atoms with Gasteiger partial charge in [0.25, 0.3) is 5.91 Å². The van der Waals surface area contributed by atoms with Crippen molar-refractivity contribution in [3.8, 4) is 22.6 Å². The fraction of sp³-hybridized carbons (Fsp3) is 0.136. The Morgan fingerprint density at radius 1 is 0.969 bits per heavy atom. The summed E-state index contributed by atoms with van der Waals surface area (Å²) in [4.78, 5) is 11.9. The van der Waals surface area contributed by atoms with Crippen LogP contribution in [0.5, 0.6) is 11.5 Å². The molecule has 0 aliphatic rings. The van der Waals surface area contributed by atoms with E-state index in [4.69, 9.17) is 15.6 Å². The molecule has 3 aromatic carbocycles. The van der Waals surface area contributed by atoms with E-state index in [0.29, 0.717) is 16.7 Å². The minimum Gasteiger partial charge on any atom is -0.456 e. The summed E-state index contributed by atoms with van der Waals surface area (Å²) in [5, 5.41) is 5.16. The molecule has 0 unspecified atom stereocenters. The maximum absolute atomic E-state index is 13.0. The number of aryl methyl sites for hydroxylation is 1. The molecular weight excluding hydrogens is 445 g/mol. The average Bonchev–Trinajstić information content (AvgIpc) is 2.72. The summed E-state index contributed by atoms with van der Waals surface area (Å²) >= 11 is 0. The zero-order valence-electron chi connectivity index (χ0n) is 16.8. The van der Waals surface area contributed by atoms with Crippen molar-refractivity contribution in [1.29, 1.82) is 0 Å². The van der Waals surface area contributed by atoms with Crippen molar-refractivity contribution in [3.05, 3.63) is 77.4 Å². The largest absolute Gasteiger partial charge is 0.456 e. The molecule has 0 fully saturated rings. The van der Waals surface area contributed by atoms with Gasteiger partial charge in [0.05, 0.1) is 16.0 Å². The lowest BCUT2D eigenvalue weighted by atomic mass is 10.0. The molecule has 10 heteroatoms. The topological polar surface area (TPSA) is 112 Å². The fourth-order valence-corrected chi connectivity index (χ4v) is 3.65. The molecule has 0 aliphatic carbocycles. The van der Waals surface area contributed by atoms with E-state index in [1.54, 1.807) is 19.1 Å². The molecule has 0 radical (unpaired) electrons. The molecule has 0 saturated carbocycles. The van der Waals surface area contributed by atoms with Gasteiger partial charge in [-0.2, -0.15) is 13.2 Å². The number of alkyl halides is 3. The van der Waals surface area contributed by atoms with E-state index < -0.39 is 27.7 Å². The van der Waals surface area contributed by atoms with Crippen molar-refractivity contribution >= 4 is 15.9 Å². The number of primary sulfonamides is 1. The summed E-state index contributed by atoms with van der Waals surface area (Å²) < 4.78 is 67.9. The molecule has 0 bridgehead atoms. The number of primary amides is 1. The Balaban J connectivity index is 2.02. The van der Waals surface area contributed by atoms with Crippen LogP contribution < -0.4 is 15.6 Å². The number of carbonyl (C=O) groups is 1. The van der Waals surface area contributed by atoms with Crippen LogP contribution in [0.2, 0.25) is 0 Å². The monoisotopic (exact) mass is 464 g/mol. The Kier molecular flexibility index (Phi) is 6.29. The normalized spacial score (nSPS) is 11.9. The first kappa shape index (κ1) is 23.3. The first-order valence-electron chi connectivity index (χ1n) is 9.35. The molecule has 1 amide bonds. The summed E-state index contributed by atoms with van der Waals surface area (Å²) in [6, 6.07) is 13.3. The highest BCUT2D eigenvalue weighted by Gasteiger charge is 2.31. The van der Waals surface area contributed by atoms with Crippen LogP contribution in [0, 0.1) is 0 Å². The zero-order valence-corrected chi connectivity index (χ0v) is 17.6. The number of benzene rings is 3. The lowest BCUT2D eigenvalue weighted by molar-refractivity contribution is -0.137. The number of sulfonamides is 1. The van der Waals surface area contributed by atoms with Crippen molar-refractivity contribution in [2.75, 3.05) is 0 Å².